The Balaban J connectivity index is 1.70. The summed E-state index contributed by atoms with van der Waals surface area (Å²) in [7, 11) is 0. The van der Waals surface area contributed by atoms with E-state index in [1.807, 2.05) is 11.8 Å². The van der Waals surface area contributed by atoms with Gasteiger partial charge in [-0.05, 0) is 50.7 Å². The lowest BCUT2D eigenvalue weighted by Crippen LogP contribution is -2.33. The van der Waals surface area contributed by atoms with Crippen LogP contribution in [0.2, 0.25) is 0 Å². The Labute approximate surface area is 142 Å². The number of nitrogens with zero attached hydrogens (tertiary/aromatic N) is 1. The molecule has 0 radical (unpaired) electrons. The van der Waals surface area contributed by atoms with Crippen molar-refractivity contribution in [2.24, 2.45) is 5.92 Å². The molecule has 3 rings (SSSR count). The average Bonchev–Trinajstić information content (AvgIpc) is 2.79. The fourth-order valence-electron chi connectivity index (χ4n) is 3.60. The standard InChI is InChI=1S/C18H26N2O2S/c1-2-19-17(21)13-7-8-15-14(11-13)12-16(23-15)18(22)20-9-5-3-4-6-10-20/h12-13H,2-11H2,1H3,(H,19,21). The van der Waals surface area contributed by atoms with Crippen LogP contribution in [-0.2, 0) is 17.6 Å². The van der Waals surface area contributed by atoms with E-state index in [4.69, 9.17) is 0 Å². The number of carbonyl (C=O) groups excluding carboxylic acids is 2. The van der Waals surface area contributed by atoms with Gasteiger partial charge in [-0.3, -0.25) is 9.59 Å². The molecule has 1 aromatic rings. The third-order valence-corrected chi connectivity index (χ3v) is 6.13. The van der Waals surface area contributed by atoms with E-state index < -0.39 is 0 Å². The van der Waals surface area contributed by atoms with Gasteiger partial charge >= 0.3 is 0 Å². The Morgan fingerprint density at radius 1 is 1.26 bits per heavy atom. The second-order valence-electron chi connectivity index (χ2n) is 6.60. The molecule has 1 aliphatic heterocycles. The van der Waals surface area contributed by atoms with E-state index in [1.165, 1.54) is 23.3 Å². The van der Waals surface area contributed by atoms with E-state index in [0.717, 1.165) is 50.1 Å². The number of carbonyl (C=O) groups is 2. The van der Waals surface area contributed by atoms with Gasteiger partial charge in [0.1, 0.15) is 0 Å². The quantitative estimate of drug-likeness (QED) is 0.924. The van der Waals surface area contributed by atoms with E-state index in [0.29, 0.717) is 6.54 Å². The summed E-state index contributed by atoms with van der Waals surface area (Å²) in [4.78, 5) is 29.0. The summed E-state index contributed by atoms with van der Waals surface area (Å²) in [6, 6.07) is 2.05. The molecule has 1 fully saturated rings. The van der Waals surface area contributed by atoms with E-state index in [1.54, 1.807) is 11.3 Å². The fourth-order valence-corrected chi connectivity index (χ4v) is 4.78. The van der Waals surface area contributed by atoms with Crippen molar-refractivity contribution in [2.45, 2.75) is 51.9 Å². The van der Waals surface area contributed by atoms with Gasteiger partial charge in [0.2, 0.25) is 5.91 Å². The number of hydrogen-bond donors (Lipinski definition) is 1. The molecule has 0 saturated carbocycles. The Bertz CT molecular complexity index is 574. The van der Waals surface area contributed by atoms with Crippen LogP contribution in [0.15, 0.2) is 6.07 Å². The maximum Gasteiger partial charge on any atom is 0.263 e. The lowest BCUT2D eigenvalue weighted by atomic mass is 9.88. The van der Waals surface area contributed by atoms with Crippen LogP contribution in [0.4, 0.5) is 0 Å². The molecule has 1 aliphatic carbocycles. The zero-order valence-corrected chi connectivity index (χ0v) is 14.7. The van der Waals surface area contributed by atoms with Crippen LogP contribution < -0.4 is 5.32 Å². The van der Waals surface area contributed by atoms with Crippen molar-refractivity contribution in [1.29, 1.82) is 0 Å². The van der Waals surface area contributed by atoms with Gasteiger partial charge in [-0.1, -0.05) is 12.8 Å². The summed E-state index contributed by atoms with van der Waals surface area (Å²) < 4.78 is 0. The number of fused-ring (bicyclic) bond motifs is 1. The van der Waals surface area contributed by atoms with Gasteiger partial charge < -0.3 is 10.2 Å². The van der Waals surface area contributed by atoms with Crippen LogP contribution >= 0.6 is 11.3 Å². The number of hydrogen-bond acceptors (Lipinski definition) is 3. The molecule has 1 atom stereocenters. The zero-order valence-electron chi connectivity index (χ0n) is 13.9. The van der Waals surface area contributed by atoms with Crippen molar-refractivity contribution < 1.29 is 9.59 Å². The van der Waals surface area contributed by atoms with Gasteiger partial charge in [0.05, 0.1) is 4.88 Å². The van der Waals surface area contributed by atoms with Crippen LogP contribution in [0.3, 0.4) is 0 Å². The summed E-state index contributed by atoms with van der Waals surface area (Å²) in [6.45, 7) is 4.42. The predicted octanol–water partition coefficient (Wildman–Crippen LogP) is 3.01. The lowest BCUT2D eigenvalue weighted by Gasteiger charge is -2.20. The molecule has 2 amide bonds. The minimum absolute atomic E-state index is 0.0678. The minimum Gasteiger partial charge on any atom is -0.356 e. The van der Waals surface area contributed by atoms with Gasteiger partial charge in [-0.25, -0.2) is 0 Å². The van der Waals surface area contributed by atoms with Crippen LogP contribution in [0, 0.1) is 5.92 Å². The highest BCUT2D eigenvalue weighted by atomic mass is 32.1. The predicted molar refractivity (Wildman–Crippen MR) is 92.9 cm³/mol. The first-order valence-electron chi connectivity index (χ1n) is 8.87. The number of aryl methyl sites for hydroxylation is 1. The Morgan fingerprint density at radius 3 is 2.70 bits per heavy atom. The fraction of sp³-hybridized carbons (Fsp3) is 0.667. The number of thiophene rings is 1. The van der Waals surface area contributed by atoms with Gasteiger partial charge in [0.25, 0.3) is 5.91 Å². The second-order valence-corrected chi connectivity index (χ2v) is 7.74. The van der Waals surface area contributed by atoms with E-state index >= 15 is 0 Å². The van der Waals surface area contributed by atoms with Gasteiger partial charge in [-0.2, -0.15) is 0 Å². The first-order chi connectivity index (χ1) is 11.2. The summed E-state index contributed by atoms with van der Waals surface area (Å²) >= 11 is 1.65. The molecule has 1 aromatic heterocycles. The molecule has 0 aromatic carbocycles. The van der Waals surface area contributed by atoms with Crippen LogP contribution in [-0.4, -0.2) is 36.3 Å². The topological polar surface area (TPSA) is 49.4 Å². The largest absolute Gasteiger partial charge is 0.356 e. The van der Waals surface area contributed by atoms with E-state index in [-0.39, 0.29) is 17.7 Å². The molecule has 0 spiro atoms. The lowest BCUT2D eigenvalue weighted by molar-refractivity contribution is -0.125. The SMILES string of the molecule is CCNC(=O)C1CCc2sc(C(=O)N3CCCCCC3)cc2C1. The molecule has 23 heavy (non-hydrogen) atoms. The van der Waals surface area contributed by atoms with Crippen molar-refractivity contribution in [1.82, 2.24) is 10.2 Å². The molecule has 5 heteroatoms. The smallest absolute Gasteiger partial charge is 0.263 e. The van der Waals surface area contributed by atoms with Crippen molar-refractivity contribution in [3.63, 3.8) is 0 Å². The monoisotopic (exact) mass is 334 g/mol. The Hall–Kier alpha value is -1.36. The Kier molecular flexibility index (Phi) is 5.36. The van der Waals surface area contributed by atoms with Crippen molar-refractivity contribution >= 4 is 23.2 Å². The average molecular weight is 334 g/mol. The van der Waals surface area contributed by atoms with Gasteiger partial charge in [0, 0.05) is 30.4 Å². The van der Waals surface area contributed by atoms with Crippen LogP contribution in [0.5, 0.6) is 0 Å². The third kappa shape index (κ3) is 3.77. The number of likely N-dealkylation sites (tertiary alicyclic amines) is 1. The highest BCUT2D eigenvalue weighted by molar-refractivity contribution is 7.14. The maximum atomic E-state index is 12.7. The van der Waals surface area contributed by atoms with E-state index in [2.05, 4.69) is 11.4 Å². The summed E-state index contributed by atoms with van der Waals surface area (Å²) in [5.74, 6) is 0.420. The molecule has 2 heterocycles. The molecule has 2 aliphatic rings. The van der Waals surface area contributed by atoms with Crippen LogP contribution in [0.1, 0.15) is 59.1 Å². The summed E-state index contributed by atoms with van der Waals surface area (Å²) in [5.41, 5.74) is 1.22. The molecule has 1 N–H and O–H groups in total. The zero-order chi connectivity index (χ0) is 16.2. The summed E-state index contributed by atoms with van der Waals surface area (Å²) in [5, 5.41) is 2.92. The van der Waals surface area contributed by atoms with Crippen molar-refractivity contribution in [3.05, 3.63) is 21.4 Å². The molecule has 1 saturated heterocycles. The third-order valence-electron chi connectivity index (χ3n) is 4.91. The first-order valence-corrected chi connectivity index (χ1v) is 9.69. The molecule has 0 bridgehead atoms. The maximum absolute atomic E-state index is 12.7. The second kappa shape index (κ2) is 7.47. The van der Waals surface area contributed by atoms with Gasteiger partial charge in [-0.15, -0.1) is 11.3 Å². The van der Waals surface area contributed by atoms with Gasteiger partial charge in [0.15, 0.2) is 0 Å². The van der Waals surface area contributed by atoms with Crippen LogP contribution in [0.25, 0.3) is 0 Å². The molecular formula is C18H26N2O2S. The normalized spacial score (nSPS) is 21.4. The van der Waals surface area contributed by atoms with Crippen molar-refractivity contribution in [3.8, 4) is 0 Å². The van der Waals surface area contributed by atoms with Crippen molar-refractivity contribution in [2.75, 3.05) is 19.6 Å². The summed E-state index contributed by atoms with van der Waals surface area (Å²) in [6.07, 6.45) is 7.32. The number of amides is 2. The number of nitrogens with one attached hydrogen (secondary N) is 1. The molecule has 4 nitrogen and oxygen atoms in total. The Morgan fingerprint density at radius 2 is 2.00 bits per heavy atom. The molecular weight excluding hydrogens is 308 g/mol. The highest BCUT2D eigenvalue weighted by Crippen LogP contribution is 2.33. The first kappa shape index (κ1) is 16.5. The molecule has 126 valence electrons. The minimum atomic E-state index is 0.0678. The number of rotatable bonds is 3. The van der Waals surface area contributed by atoms with E-state index in [9.17, 15) is 9.59 Å². The highest BCUT2D eigenvalue weighted by Gasteiger charge is 2.28. The molecule has 1 unspecified atom stereocenters.